The van der Waals surface area contributed by atoms with Crippen molar-refractivity contribution < 1.29 is 0 Å². The lowest BCUT2D eigenvalue weighted by Gasteiger charge is -2.12. The number of allylic oxidation sites excluding steroid dienone is 5. The van der Waals surface area contributed by atoms with Crippen molar-refractivity contribution in [1.29, 1.82) is 0 Å². The molecule has 0 spiro atoms. The van der Waals surface area contributed by atoms with E-state index in [1.165, 1.54) is 0 Å². The molecule has 2 rings (SSSR count). The van der Waals surface area contributed by atoms with Crippen LogP contribution in [0.2, 0.25) is 5.02 Å². The zero-order valence-electron chi connectivity index (χ0n) is 12.8. The van der Waals surface area contributed by atoms with Gasteiger partial charge < -0.3 is 4.98 Å². The number of rotatable bonds is 3. The van der Waals surface area contributed by atoms with Crippen molar-refractivity contribution in [1.82, 2.24) is 4.98 Å². The fourth-order valence-electron chi connectivity index (χ4n) is 2.43. The predicted molar refractivity (Wildman–Crippen MR) is 95.1 cm³/mol. The highest BCUT2D eigenvalue weighted by atomic mass is 35.5. The van der Waals surface area contributed by atoms with Gasteiger partial charge in [-0.25, -0.2) is 0 Å². The molecule has 0 radical (unpaired) electrons. The van der Waals surface area contributed by atoms with Crippen molar-refractivity contribution in [2.24, 2.45) is 0 Å². The zero-order chi connectivity index (χ0) is 15.7. The molecular weight excluding hydrogens is 301 g/mol. The molecule has 2 aromatic rings. The second-order valence-corrected chi connectivity index (χ2v) is 6.38. The van der Waals surface area contributed by atoms with Gasteiger partial charge in [0.1, 0.15) is 0 Å². The number of nitrogens with one attached hydrogen (secondary N) is 1. The van der Waals surface area contributed by atoms with Gasteiger partial charge in [0.15, 0.2) is 0 Å². The molecule has 1 aromatic heterocycles. The maximum absolute atomic E-state index is 6.52. The quantitative estimate of drug-likeness (QED) is 0.611. The van der Waals surface area contributed by atoms with Gasteiger partial charge in [-0.2, -0.15) is 0 Å². The van der Waals surface area contributed by atoms with E-state index in [0.717, 1.165) is 38.9 Å². The minimum absolute atomic E-state index is 0.699. The molecule has 0 aliphatic carbocycles. The van der Waals surface area contributed by atoms with Gasteiger partial charge in [-0.3, -0.25) is 0 Å². The Morgan fingerprint density at radius 1 is 1.24 bits per heavy atom. The maximum atomic E-state index is 6.52. The summed E-state index contributed by atoms with van der Waals surface area (Å²) in [5, 5.41) is 2.48. The SMILES string of the molecule is C=C(C)/C(=C(/Cl)C=C(C)C)c1ccc(Cl)c2[nH]c(C)cc12. The monoisotopic (exact) mass is 319 g/mol. The van der Waals surface area contributed by atoms with Crippen molar-refractivity contribution in [2.45, 2.75) is 27.7 Å². The summed E-state index contributed by atoms with van der Waals surface area (Å²) in [5.41, 5.74) is 6.09. The minimum atomic E-state index is 0.699. The molecule has 0 saturated heterocycles. The van der Waals surface area contributed by atoms with Gasteiger partial charge in [0.2, 0.25) is 0 Å². The fourth-order valence-corrected chi connectivity index (χ4v) is 3.12. The Kier molecular flexibility index (Phi) is 4.65. The van der Waals surface area contributed by atoms with Crippen molar-refractivity contribution in [3.63, 3.8) is 0 Å². The third-order valence-corrected chi connectivity index (χ3v) is 3.84. The molecule has 21 heavy (non-hydrogen) atoms. The van der Waals surface area contributed by atoms with Crippen LogP contribution in [0.25, 0.3) is 16.5 Å². The second kappa shape index (κ2) is 6.13. The van der Waals surface area contributed by atoms with Crippen molar-refractivity contribution in [3.8, 4) is 0 Å². The van der Waals surface area contributed by atoms with E-state index < -0.39 is 0 Å². The Bertz CT molecular complexity index is 772. The van der Waals surface area contributed by atoms with Gasteiger partial charge in [-0.1, -0.05) is 41.4 Å². The molecule has 0 aliphatic rings. The molecule has 1 N–H and O–H groups in total. The highest BCUT2D eigenvalue weighted by Gasteiger charge is 2.14. The van der Waals surface area contributed by atoms with E-state index in [2.05, 4.69) is 17.6 Å². The molecular formula is C18H19Cl2N. The van der Waals surface area contributed by atoms with Crippen molar-refractivity contribution >= 4 is 39.7 Å². The number of benzene rings is 1. The summed E-state index contributed by atoms with van der Waals surface area (Å²) >= 11 is 12.8. The van der Waals surface area contributed by atoms with E-state index >= 15 is 0 Å². The van der Waals surface area contributed by atoms with Crippen LogP contribution in [0.15, 0.2) is 47.0 Å². The Balaban J connectivity index is 2.82. The molecule has 0 bridgehead atoms. The molecule has 0 fully saturated rings. The van der Waals surface area contributed by atoms with E-state index in [1.54, 1.807) is 0 Å². The predicted octanol–water partition coefficient (Wildman–Crippen LogP) is 6.62. The molecule has 0 aliphatic heterocycles. The summed E-state index contributed by atoms with van der Waals surface area (Å²) in [5.74, 6) is 0. The zero-order valence-corrected chi connectivity index (χ0v) is 14.3. The first kappa shape index (κ1) is 15.9. The fraction of sp³-hybridized carbons (Fsp3) is 0.222. The number of fused-ring (bicyclic) bond motifs is 1. The van der Waals surface area contributed by atoms with Gasteiger partial charge in [0.05, 0.1) is 10.5 Å². The van der Waals surface area contributed by atoms with Gasteiger partial charge in [0.25, 0.3) is 0 Å². The van der Waals surface area contributed by atoms with E-state index in [1.807, 2.05) is 45.9 Å². The number of hydrogen-bond acceptors (Lipinski definition) is 0. The van der Waals surface area contributed by atoms with Crippen LogP contribution >= 0.6 is 23.2 Å². The number of halogens is 2. The number of H-pyrrole nitrogens is 1. The molecule has 0 atom stereocenters. The Morgan fingerprint density at radius 3 is 2.48 bits per heavy atom. The molecule has 0 amide bonds. The van der Waals surface area contributed by atoms with Crippen LogP contribution in [0.3, 0.4) is 0 Å². The van der Waals surface area contributed by atoms with Gasteiger partial charge in [-0.05, 0) is 57.0 Å². The topological polar surface area (TPSA) is 15.8 Å². The number of aromatic amines is 1. The van der Waals surface area contributed by atoms with Crippen LogP contribution in [0.1, 0.15) is 32.0 Å². The third kappa shape index (κ3) is 3.25. The second-order valence-electron chi connectivity index (χ2n) is 5.56. The normalized spacial score (nSPS) is 12.3. The van der Waals surface area contributed by atoms with Gasteiger partial charge in [0, 0.05) is 21.7 Å². The first-order chi connectivity index (χ1) is 9.81. The molecule has 1 nitrogen and oxygen atoms in total. The van der Waals surface area contributed by atoms with Crippen LogP contribution in [-0.2, 0) is 0 Å². The Morgan fingerprint density at radius 2 is 1.90 bits per heavy atom. The maximum Gasteiger partial charge on any atom is 0.0651 e. The first-order valence-electron chi connectivity index (χ1n) is 6.80. The van der Waals surface area contributed by atoms with Crippen molar-refractivity contribution in [3.05, 3.63) is 63.3 Å². The van der Waals surface area contributed by atoms with E-state index in [9.17, 15) is 0 Å². The van der Waals surface area contributed by atoms with Gasteiger partial charge in [-0.15, -0.1) is 0 Å². The summed E-state index contributed by atoms with van der Waals surface area (Å²) in [6.07, 6.45) is 1.96. The number of hydrogen-bond donors (Lipinski definition) is 1. The van der Waals surface area contributed by atoms with Crippen LogP contribution in [0, 0.1) is 6.92 Å². The molecule has 3 heteroatoms. The van der Waals surface area contributed by atoms with Crippen LogP contribution in [-0.4, -0.2) is 4.98 Å². The number of aryl methyl sites for hydroxylation is 1. The average molecular weight is 320 g/mol. The number of aromatic nitrogens is 1. The van der Waals surface area contributed by atoms with Crippen molar-refractivity contribution in [2.75, 3.05) is 0 Å². The highest BCUT2D eigenvalue weighted by Crippen LogP contribution is 2.36. The molecule has 1 aromatic carbocycles. The van der Waals surface area contributed by atoms with Crippen LogP contribution in [0.4, 0.5) is 0 Å². The molecule has 0 saturated carbocycles. The van der Waals surface area contributed by atoms with E-state index in [0.29, 0.717) is 10.1 Å². The lowest BCUT2D eigenvalue weighted by Crippen LogP contribution is -1.90. The lowest BCUT2D eigenvalue weighted by molar-refractivity contribution is 1.30. The summed E-state index contributed by atoms with van der Waals surface area (Å²) in [4.78, 5) is 3.30. The molecule has 1 heterocycles. The summed E-state index contributed by atoms with van der Waals surface area (Å²) in [6.45, 7) is 12.1. The minimum Gasteiger partial charge on any atom is -0.357 e. The van der Waals surface area contributed by atoms with E-state index in [4.69, 9.17) is 23.2 Å². The largest absolute Gasteiger partial charge is 0.357 e. The van der Waals surface area contributed by atoms with Crippen LogP contribution < -0.4 is 0 Å². The molecule has 0 unspecified atom stereocenters. The first-order valence-corrected chi connectivity index (χ1v) is 7.55. The summed E-state index contributed by atoms with van der Waals surface area (Å²) < 4.78 is 0. The van der Waals surface area contributed by atoms with Gasteiger partial charge >= 0.3 is 0 Å². The summed E-state index contributed by atoms with van der Waals surface area (Å²) in [7, 11) is 0. The lowest BCUT2D eigenvalue weighted by atomic mass is 9.96. The average Bonchev–Trinajstić information content (AvgIpc) is 2.74. The smallest absolute Gasteiger partial charge is 0.0651 e. The molecule has 110 valence electrons. The van der Waals surface area contributed by atoms with Crippen LogP contribution in [0.5, 0.6) is 0 Å². The Labute approximate surface area is 136 Å². The van der Waals surface area contributed by atoms with E-state index in [-0.39, 0.29) is 0 Å². The third-order valence-electron chi connectivity index (χ3n) is 3.23. The Hall–Kier alpha value is -1.44. The summed E-state index contributed by atoms with van der Waals surface area (Å²) in [6, 6.07) is 5.99. The highest BCUT2D eigenvalue weighted by molar-refractivity contribution is 6.37. The standard InChI is InChI=1S/C18H19Cl2N/c1-10(2)8-16(20)17(11(3)4)13-6-7-15(19)18-14(13)9-12(5)21-18/h6-9,21H,3H2,1-2,4-5H3/b17-16-.